The van der Waals surface area contributed by atoms with E-state index in [9.17, 15) is 4.79 Å². The molecule has 0 aliphatic carbocycles. The van der Waals surface area contributed by atoms with E-state index in [1.807, 2.05) is 18.4 Å². The lowest BCUT2D eigenvalue weighted by Crippen LogP contribution is -2.50. The first-order chi connectivity index (χ1) is 12.2. The summed E-state index contributed by atoms with van der Waals surface area (Å²) in [6.45, 7) is 4.59. The van der Waals surface area contributed by atoms with Gasteiger partial charge in [-0.05, 0) is 42.7 Å². The minimum atomic E-state index is 0.166. The van der Waals surface area contributed by atoms with Gasteiger partial charge in [-0.15, -0.1) is 11.3 Å². The number of hydrogen-bond donors (Lipinski definition) is 0. The van der Waals surface area contributed by atoms with Crippen LogP contribution in [0.1, 0.15) is 28.1 Å². The topological polar surface area (TPSA) is 58.6 Å². The minimum Gasteiger partial charge on any atom is -0.481 e. The number of piperidine rings is 1. The number of ether oxygens (including phenoxy) is 1. The van der Waals surface area contributed by atoms with Gasteiger partial charge in [-0.25, -0.2) is 4.98 Å². The molecule has 2 atom stereocenters. The van der Waals surface area contributed by atoms with Crippen LogP contribution in [-0.4, -0.2) is 53.6 Å². The molecule has 0 N–H and O–H groups in total. The number of anilines is 1. The molecule has 2 fully saturated rings. The molecule has 0 saturated carbocycles. The number of aromatic nitrogens is 2. The summed E-state index contributed by atoms with van der Waals surface area (Å²) in [5.41, 5.74) is 1.15. The predicted molar refractivity (Wildman–Crippen MR) is 97.4 cm³/mol. The SMILES string of the molecule is COc1ccnc(N2CCC3CCN(C(=O)c4cc(C)cs4)C3C2)n1. The van der Waals surface area contributed by atoms with Crippen molar-refractivity contribution in [1.29, 1.82) is 0 Å². The van der Waals surface area contributed by atoms with Crippen molar-refractivity contribution in [3.63, 3.8) is 0 Å². The Morgan fingerprint density at radius 3 is 2.96 bits per heavy atom. The van der Waals surface area contributed by atoms with Gasteiger partial charge in [0.15, 0.2) is 0 Å². The van der Waals surface area contributed by atoms with Crippen LogP contribution in [0.25, 0.3) is 0 Å². The standard InChI is InChI=1S/C18H22N4O2S/c1-12-9-15(25-11-12)17(23)22-8-5-13-4-7-21(10-14(13)22)18-19-6-3-16(20-18)24-2/h3,6,9,11,13-14H,4-5,7-8,10H2,1-2H3. The molecule has 2 unspecified atom stereocenters. The smallest absolute Gasteiger partial charge is 0.264 e. The lowest BCUT2D eigenvalue weighted by atomic mass is 9.92. The van der Waals surface area contributed by atoms with Crippen LogP contribution in [0.5, 0.6) is 5.88 Å². The van der Waals surface area contributed by atoms with E-state index in [0.29, 0.717) is 17.7 Å². The van der Waals surface area contributed by atoms with Crippen LogP contribution in [0.3, 0.4) is 0 Å². The molecule has 2 aliphatic heterocycles. The van der Waals surface area contributed by atoms with E-state index in [-0.39, 0.29) is 11.9 Å². The van der Waals surface area contributed by atoms with Crippen molar-refractivity contribution in [3.8, 4) is 5.88 Å². The Morgan fingerprint density at radius 1 is 1.36 bits per heavy atom. The Bertz CT molecular complexity index is 778. The zero-order valence-corrected chi connectivity index (χ0v) is 15.3. The lowest BCUT2D eigenvalue weighted by molar-refractivity contribution is 0.0716. The highest BCUT2D eigenvalue weighted by Gasteiger charge is 2.41. The van der Waals surface area contributed by atoms with Gasteiger partial charge in [-0.1, -0.05) is 0 Å². The number of amides is 1. The number of aryl methyl sites for hydroxylation is 1. The number of likely N-dealkylation sites (tertiary alicyclic amines) is 1. The highest BCUT2D eigenvalue weighted by molar-refractivity contribution is 7.12. The van der Waals surface area contributed by atoms with E-state index in [0.717, 1.165) is 42.9 Å². The number of carbonyl (C=O) groups excluding carboxylic acids is 1. The molecule has 2 aromatic heterocycles. The summed E-state index contributed by atoms with van der Waals surface area (Å²) in [5.74, 6) is 2.00. The molecule has 7 heteroatoms. The van der Waals surface area contributed by atoms with Crippen molar-refractivity contribution in [2.75, 3.05) is 31.6 Å². The molecule has 4 rings (SSSR count). The molecule has 25 heavy (non-hydrogen) atoms. The molecule has 4 heterocycles. The molecular weight excluding hydrogens is 336 g/mol. The zero-order valence-electron chi connectivity index (χ0n) is 14.5. The second-order valence-electron chi connectivity index (χ2n) is 6.74. The number of thiophene rings is 1. The van der Waals surface area contributed by atoms with Crippen LogP contribution in [-0.2, 0) is 0 Å². The summed E-state index contributed by atoms with van der Waals surface area (Å²) in [7, 11) is 1.61. The molecule has 0 aromatic carbocycles. The Labute approximate surface area is 151 Å². The number of carbonyl (C=O) groups is 1. The summed E-state index contributed by atoms with van der Waals surface area (Å²) < 4.78 is 5.21. The second-order valence-corrected chi connectivity index (χ2v) is 7.65. The van der Waals surface area contributed by atoms with Gasteiger partial charge < -0.3 is 14.5 Å². The lowest BCUT2D eigenvalue weighted by Gasteiger charge is -2.38. The van der Waals surface area contributed by atoms with Gasteiger partial charge in [0.05, 0.1) is 18.0 Å². The third-order valence-electron chi connectivity index (χ3n) is 5.17. The van der Waals surface area contributed by atoms with Gasteiger partial charge in [0, 0.05) is 31.9 Å². The maximum atomic E-state index is 12.9. The Balaban J connectivity index is 1.53. The second kappa shape index (κ2) is 6.63. The molecule has 1 amide bonds. The number of methoxy groups -OCH3 is 1. The fraction of sp³-hybridized carbons (Fsp3) is 0.500. The zero-order chi connectivity index (χ0) is 17.4. The molecule has 2 aliphatic rings. The van der Waals surface area contributed by atoms with Gasteiger partial charge in [-0.3, -0.25) is 4.79 Å². The first kappa shape index (κ1) is 16.3. The van der Waals surface area contributed by atoms with E-state index in [2.05, 4.69) is 19.8 Å². The summed E-state index contributed by atoms with van der Waals surface area (Å²) in [4.78, 5) is 26.8. The first-order valence-electron chi connectivity index (χ1n) is 8.64. The largest absolute Gasteiger partial charge is 0.481 e. The quantitative estimate of drug-likeness (QED) is 0.844. The van der Waals surface area contributed by atoms with Crippen molar-refractivity contribution in [3.05, 3.63) is 34.2 Å². The highest BCUT2D eigenvalue weighted by Crippen LogP contribution is 2.34. The monoisotopic (exact) mass is 358 g/mol. The Kier molecular flexibility index (Phi) is 4.33. The predicted octanol–water partition coefficient (Wildman–Crippen LogP) is 2.60. The minimum absolute atomic E-state index is 0.166. The van der Waals surface area contributed by atoms with Gasteiger partial charge in [0.25, 0.3) is 5.91 Å². The molecule has 0 radical (unpaired) electrons. The van der Waals surface area contributed by atoms with Gasteiger partial charge >= 0.3 is 0 Å². The van der Waals surface area contributed by atoms with Crippen LogP contribution in [0.4, 0.5) is 5.95 Å². The summed E-state index contributed by atoms with van der Waals surface area (Å²) in [6.07, 6.45) is 3.88. The normalized spacial score (nSPS) is 22.8. The maximum absolute atomic E-state index is 12.9. The molecule has 0 spiro atoms. The van der Waals surface area contributed by atoms with Crippen LogP contribution < -0.4 is 9.64 Å². The van der Waals surface area contributed by atoms with Crippen molar-refractivity contribution < 1.29 is 9.53 Å². The summed E-state index contributed by atoms with van der Waals surface area (Å²) in [6, 6.07) is 3.98. The van der Waals surface area contributed by atoms with Gasteiger partial charge in [0.1, 0.15) is 0 Å². The van der Waals surface area contributed by atoms with Crippen LogP contribution >= 0.6 is 11.3 Å². The van der Waals surface area contributed by atoms with Crippen molar-refractivity contribution in [2.45, 2.75) is 25.8 Å². The summed E-state index contributed by atoms with van der Waals surface area (Å²) >= 11 is 1.54. The van der Waals surface area contributed by atoms with Crippen LogP contribution in [0.2, 0.25) is 0 Å². The Morgan fingerprint density at radius 2 is 2.20 bits per heavy atom. The third kappa shape index (κ3) is 3.08. The fourth-order valence-electron chi connectivity index (χ4n) is 3.86. The van der Waals surface area contributed by atoms with Gasteiger partial charge in [0.2, 0.25) is 11.8 Å². The number of fused-ring (bicyclic) bond motifs is 1. The average molecular weight is 358 g/mol. The molecule has 6 nitrogen and oxygen atoms in total. The van der Waals surface area contributed by atoms with Crippen molar-refractivity contribution in [2.24, 2.45) is 5.92 Å². The Hall–Kier alpha value is -2.15. The van der Waals surface area contributed by atoms with Crippen molar-refractivity contribution >= 4 is 23.2 Å². The van der Waals surface area contributed by atoms with E-state index in [4.69, 9.17) is 4.74 Å². The highest BCUT2D eigenvalue weighted by atomic mass is 32.1. The number of rotatable bonds is 3. The summed E-state index contributed by atoms with van der Waals surface area (Å²) in [5, 5.41) is 2.04. The van der Waals surface area contributed by atoms with Crippen LogP contribution in [0.15, 0.2) is 23.7 Å². The number of nitrogens with zero attached hydrogens (tertiary/aromatic N) is 4. The first-order valence-corrected chi connectivity index (χ1v) is 9.52. The average Bonchev–Trinajstić information content (AvgIpc) is 3.27. The molecular formula is C18H22N4O2S. The van der Waals surface area contributed by atoms with E-state index >= 15 is 0 Å². The molecule has 2 saturated heterocycles. The van der Waals surface area contributed by atoms with Gasteiger partial charge in [-0.2, -0.15) is 4.98 Å². The maximum Gasteiger partial charge on any atom is 0.264 e. The van der Waals surface area contributed by atoms with E-state index in [1.54, 1.807) is 19.4 Å². The van der Waals surface area contributed by atoms with E-state index < -0.39 is 0 Å². The van der Waals surface area contributed by atoms with Crippen molar-refractivity contribution in [1.82, 2.24) is 14.9 Å². The van der Waals surface area contributed by atoms with E-state index in [1.165, 1.54) is 11.3 Å². The number of hydrogen-bond acceptors (Lipinski definition) is 6. The molecule has 2 aromatic rings. The third-order valence-corrected chi connectivity index (χ3v) is 6.21. The fourth-order valence-corrected chi connectivity index (χ4v) is 4.71. The molecule has 0 bridgehead atoms. The van der Waals surface area contributed by atoms with Crippen LogP contribution in [0, 0.1) is 12.8 Å². The molecule has 132 valence electrons.